The average Bonchev–Trinajstić information content (AvgIpc) is 2.53. The molecule has 0 radical (unpaired) electrons. The molecule has 0 aliphatic rings. The average molecular weight is 334 g/mol. The van der Waals surface area contributed by atoms with Crippen LogP contribution >= 0.6 is 11.6 Å². The van der Waals surface area contributed by atoms with Gasteiger partial charge in [-0.2, -0.15) is 0 Å². The molecule has 122 valence electrons. The summed E-state index contributed by atoms with van der Waals surface area (Å²) in [6.07, 6.45) is 0. The van der Waals surface area contributed by atoms with E-state index >= 15 is 0 Å². The van der Waals surface area contributed by atoms with E-state index < -0.39 is 0 Å². The van der Waals surface area contributed by atoms with Gasteiger partial charge in [-0.15, -0.1) is 0 Å². The summed E-state index contributed by atoms with van der Waals surface area (Å²) in [5.41, 5.74) is 0.701. The number of rotatable bonds is 7. The molecule has 0 atom stereocenters. The Kier molecular flexibility index (Phi) is 6.29. The number of anilines is 1. The second-order valence-corrected chi connectivity index (χ2v) is 5.96. The van der Waals surface area contributed by atoms with Crippen molar-refractivity contribution in [2.45, 2.75) is 13.8 Å². The molecule has 0 aromatic heterocycles. The highest BCUT2D eigenvalue weighted by Gasteiger charge is 2.04. The number of hydrogen-bond donors (Lipinski definition) is 1. The predicted octanol–water partition coefficient (Wildman–Crippen LogP) is 4.39. The van der Waals surface area contributed by atoms with Crippen molar-refractivity contribution < 1.29 is 14.3 Å². The van der Waals surface area contributed by atoms with E-state index in [0.717, 1.165) is 5.75 Å². The molecule has 5 heteroatoms. The van der Waals surface area contributed by atoms with Crippen LogP contribution in [0.3, 0.4) is 0 Å². The van der Waals surface area contributed by atoms with Crippen molar-refractivity contribution in [2.75, 3.05) is 18.5 Å². The van der Waals surface area contributed by atoms with E-state index in [1.54, 1.807) is 36.4 Å². The second kappa shape index (κ2) is 8.44. The molecule has 0 spiro atoms. The number of ether oxygens (including phenoxy) is 2. The van der Waals surface area contributed by atoms with E-state index in [2.05, 4.69) is 19.2 Å². The van der Waals surface area contributed by atoms with Crippen LogP contribution in [0.15, 0.2) is 48.5 Å². The Bertz CT molecular complexity index is 624. The van der Waals surface area contributed by atoms with Crippen LogP contribution in [-0.2, 0) is 4.79 Å². The summed E-state index contributed by atoms with van der Waals surface area (Å²) in [6, 6.07) is 14.1. The summed E-state index contributed by atoms with van der Waals surface area (Å²) in [6.45, 7) is 4.79. The van der Waals surface area contributed by atoms with Gasteiger partial charge in [-0.25, -0.2) is 0 Å². The van der Waals surface area contributed by atoms with E-state index in [-0.39, 0.29) is 12.5 Å². The third kappa shape index (κ3) is 6.20. The number of carbonyl (C=O) groups excluding carboxylic acids is 1. The molecule has 0 aliphatic heterocycles. The lowest BCUT2D eigenvalue weighted by atomic mass is 10.2. The molecule has 1 N–H and O–H groups in total. The zero-order valence-electron chi connectivity index (χ0n) is 13.2. The van der Waals surface area contributed by atoms with Crippen molar-refractivity contribution in [2.24, 2.45) is 5.92 Å². The summed E-state index contributed by atoms with van der Waals surface area (Å²) in [4.78, 5) is 11.9. The topological polar surface area (TPSA) is 47.6 Å². The van der Waals surface area contributed by atoms with Gasteiger partial charge in [0.2, 0.25) is 0 Å². The Morgan fingerprint density at radius 2 is 1.57 bits per heavy atom. The van der Waals surface area contributed by atoms with E-state index in [1.807, 2.05) is 12.1 Å². The highest BCUT2D eigenvalue weighted by molar-refractivity contribution is 6.30. The maximum absolute atomic E-state index is 11.9. The van der Waals surface area contributed by atoms with Crippen LogP contribution < -0.4 is 14.8 Å². The minimum atomic E-state index is -0.226. The summed E-state index contributed by atoms with van der Waals surface area (Å²) >= 11 is 5.79. The Labute approximate surface area is 141 Å². The van der Waals surface area contributed by atoms with E-state index in [0.29, 0.717) is 29.0 Å². The monoisotopic (exact) mass is 333 g/mol. The molecule has 0 aliphatic carbocycles. The molecule has 0 fully saturated rings. The second-order valence-electron chi connectivity index (χ2n) is 5.52. The lowest BCUT2D eigenvalue weighted by Crippen LogP contribution is -2.20. The Balaban J connectivity index is 1.79. The van der Waals surface area contributed by atoms with Gasteiger partial charge < -0.3 is 14.8 Å². The summed E-state index contributed by atoms with van der Waals surface area (Å²) in [5.74, 6) is 1.63. The summed E-state index contributed by atoms with van der Waals surface area (Å²) in [7, 11) is 0. The first-order valence-electron chi connectivity index (χ1n) is 7.44. The van der Waals surface area contributed by atoms with Crippen LogP contribution in [0.5, 0.6) is 11.5 Å². The zero-order valence-corrected chi connectivity index (χ0v) is 14.0. The lowest BCUT2D eigenvalue weighted by molar-refractivity contribution is -0.118. The highest BCUT2D eigenvalue weighted by Crippen LogP contribution is 2.17. The van der Waals surface area contributed by atoms with Gasteiger partial charge in [-0.05, 0) is 54.4 Å². The number of hydrogen-bond acceptors (Lipinski definition) is 3. The van der Waals surface area contributed by atoms with Crippen molar-refractivity contribution in [1.82, 2.24) is 0 Å². The largest absolute Gasteiger partial charge is 0.493 e. The van der Waals surface area contributed by atoms with Gasteiger partial charge in [-0.3, -0.25) is 4.79 Å². The fourth-order valence-electron chi connectivity index (χ4n) is 1.77. The molecule has 0 unspecified atom stereocenters. The van der Waals surface area contributed by atoms with Crippen LogP contribution in [0.4, 0.5) is 5.69 Å². The molecule has 0 saturated heterocycles. The summed E-state index contributed by atoms with van der Waals surface area (Å²) < 4.78 is 11.0. The smallest absolute Gasteiger partial charge is 0.262 e. The number of halogens is 1. The van der Waals surface area contributed by atoms with Crippen molar-refractivity contribution in [3.05, 3.63) is 53.6 Å². The van der Waals surface area contributed by atoms with Gasteiger partial charge in [0.25, 0.3) is 5.91 Å². The first kappa shape index (κ1) is 17.2. The fourth-order valence-corrected chi connectivity index (χ4v) is 1.90. The van der Waals surface area contributed by atoms with Crippen molar-refractivity contribution in [3.63, 3.8) is 0 Å². The molecule has 0 bridgehead atoms. The van der Waals surface area contributed by atoms with Gasteiger partial charge in [0.05, 0.1) is 6.61 Å². The minimum absolute atomic E-state index is 0.0623. The normalized spacial score (nSPS) is 10.4. The van der Waals surface area contributed by atoms with Gasteiger partial charge in [0, 0.05) is 10.7 Å². The van der Waals surface area contributed by atoms with Gasteiger partial charge in [0.1, 0.15) is 11.5 Å². The standard InChI is InChI=1S/C18H20ClNO3/c1-13(2)11-22-17-9-5-15(6-10-17)20-18(21)12-23-16-7-3-14(19)4-8-16/h3-10,13H,11-12H2,1-2H3,(H,20,21). The van der Waals surface area contributed by atoms with Crippen LogP contribution in [0, 0.1) is 5.92 Å². The van der Waals surface area contributed by atoms with Crippen LogP contribution in [0.25, 0.3) is 0 Å². The molecule has 1 amide bonds. The maximum atomic E-state index is 11.9. The van der Waals surface area contributed by atoms with E-state index in [4.69, 9.17) is 21.1 Å². The maximum Gasteiger partial charge on any atom is 0.262 e. The number of benzene rings is 2. The van der Waals surface area contributed by atoms with Crippen LogP contribution in [-0.4, -0.2) is 19.1 Å². The quantitative estimate of drug-likeness (QED) is 0.817. The number of amides is 1. The minimum Gasteiger partial charge on any atom is -0.493 e. The van der Waals surface area contributed by atoms with Gasteiger partial charge >= 0.3 is 0 Å². The third-order valence-corrected chi connectivity index (χ3v) is 3.16. The van der Waals surface area contributed by atoms with Crippen LogP contribution in [0.1, 0.15) is 13.8 Å². The first-order valence-corrected chi connectivity index (χ1v) is 7.82. The molecular weight excluding hydrogens is 314 g/mol. The Hall–Kier alpha value is -2.20. The molecular formula is C18H20ClNO3. The molecule has 2 aromatic carbocycles. The molecule has 23 heavy (non-hydrogen) atoms. The molecule has 0 heterocycles. The molecule has 4 nitrogen and oxygen atoms in total. The Morgan fingerprint density at radius 1 is 1.00 bits per heavy atom. The third-order valence-electron chi connectivity index (χ3n) is 2.90. The highest BCUT2D eigenvalue weighted by atomic mass is 35.5. The van der Waals surface area contributed by atoms with Crippen molar-refractivity contribution in [1.29, 1.82) is 0 Å². The predicted molar refractivity (Wildman–Crippen MR) is 92.4 cm³/mol. The van der Waals surface area contributed by atoms with Crippen LogP contribution in [0.2, 0.25) is 5.02 Å². The Morgan fingerprint density at radius 3 is 2.17 bits per heavy atom. The zero-order chi connectivity index (χ0) is 16.7. The lowest BCUT2D eigenvalue weighted by Gasteiger charge is -2.10. The number of nitrogens with one attached hydrogen (secondary N) is 1. The van der Waals surface area contributed by atoms with Crippen molar-refractivity contribution >= 4 is 23.2 Å². The fraction of sp³-hybridized carbons (Fsp3) is 0.278. The first-order chi connectivity index (χ1) is 11.0. The van der Waals surface area contributed by atoms with Gasteiger partial charge in [-0.1, -0.05) is 25.4 Å². The van der Waals surface area contributed by atoms with Gasteiger partial charge in [0.15, 0.2) is 6.61 Å². The molecule has 0 saturated carbocycles. The molecule has 2 aromatic rings. The van der Waals surface area contributed by atoms with Crippen molar-refractivity contribution in [3.8, 4) is 11.5 Å². The summed E-state index contributed by atoms with van der Waals surface area (Å²) in [5, 5.41) is 3.40. The van der Waals surface area contributed by atoms with E-state index in [1.165, 1.54) is 0 Å². The van der Waals surface area contributed by atoms with E-state index in [9.17, 15) is 4.79 Å². The SMILES string of the molecule is CC(C)COc1ccc(NC(=O)COc2ccc(Cl)cc2)cc1. The number of carbonyl (C=O) groups is 1. The molecule has 2 rings (SSSR count).